The van der Waals surface area contributed by atoms with E-state index in [2.05, 4.69) is 5.32 Å². The van der Waals surface area contributed by atoms with Gasteiger partial charge in [0, 0.05) is 23.7 Å². The normalized spacial score (nSPS) is 23.4. The van der Waals surface area contributed by atoms with Gasteiger partial charge in [0.2, 0.25) is 5.91 Å². The molecule has 1 amide bonds. The van der Waals surface area contributed by atoms with Gasteiger partial charge in [-0.25, -0.2) is 0 Å². The van der Waals surface area contributed by atoms with Gasteiger partial charge < -0.3 is 15.8 Å². The Kier molecular flexibility index (Phi) is 3.64. The van der Waals surface area contributed by atoms with Crippen molar-refractivity contribution in [2.24, 2.45) is 11.7 Å². The Hall–Kier alpha value is -1.55. The number of carbonyl (C=O) groups is 1. The molecule has 2 atom stereocenters. The summed E-state index contributed by atoms with van der Waals surface area (Å²) in [6, 6.07) is 7.55. The molecule has 0 unspecified atom stereocenters. The largest absolute Gasteiger partial charge is 0.497 e. The average molecular weight is 234 g/mol. The lowest BCUT2D eigenvalue weighted by Crippen LogP contribution is -2.23. The second kappa shape index (κ2) is 5.19. The Morgan fingerprint density at radius 3 is 2.94 bits per heavy atom. The number of nitrogens with one attached hydrogen (secondary N) is 1. The number of anilines is 1. The molecule has 1 aliphatic rings. The third kappa shape index (κ3) is 2.97. The fraction of sp³-hybridized carbons (Fsp3) is 0.462. The van der Waals surface area contributed by atoms with Gasteiger partial charge >= 0.3 is 0 Å². The Bertz CT molecular complexity index is 406. The van der Waals surface area contributed by atoms with E-state index < -0.39 is 0 Å². The number of rotatable bonds is 3. The standard InChI is InChI=1S/C13H18N2O2/c1-17-12-4-2-3-11(8-12)15-13(16)9-5-6-10(14)7-9/h2-4,8-10H,5-7,14H2,1H3,(H,15,16)/t9-,10+/m1/s1. The molecule has 0 saturated heterocycles. The number of amides is 1. The number of nitrogens with two attached hydrogens (primary N) is 1. The Balaban J connectivity index is 1.98. The molecular weight excluding hydrogens is 216 g/mol. The zero-order valence-electron chi connectivity index (χ0n) is 9.98. The molecule has 1 fully saturated rings. The molecule has 92 valence electrons. The predicted molar refractivity (Wildman–Crippen MR) is 66.9 cm³/mol. The monoisotopic (exact) mass is 234 g/mol. The average Bonchev–Trinajstić information content (AvgIpc) is 2.76. The molecule has 0 aromatic heterocycles. The molecule has 2 rings (SSSR count). The first kappa shape index (κ1) is 11.9. The lowest BCUT2D eigenvalue weighted by atomic mass is 10.1. The molecular formula is C13H18N2O2. The SMILES string of the molecule is COc1cccc(NC(=O)[C@@H]2CC[C@H](N)C2)c1. The zero-order valence-corrected chi connectivity index (χ0v) is 9.98. The van der Waals surface area contributed by atoms with Crippen molar-refractivity contribution < 1.29 is 9.53 Å². The van der Waals surface area contributed by atoms with Crippen LogP contribution in [0.25, 0.3) is 0 Å². The first-order valence-electron chi connectivity index (χ1n) is 5.89. The van der Waals surface area contributed by atoms with Crippen molar-refractivity contribution in [3.63, 3.8) is 0 Å². The molecule has 0 heterocycles. The first-order chi connectivity index (χ1) is 8.19. The van der Waals surface area contributed by atoms with E-state index >= 15 is 0 Å². The van der Waals surface area contributed by atoms with E-state index in [0.29, 0.717) is 0 Å². The summed E-state index contributed by atoms with van der Waals surface area (Å²) in [5.41, 5.74) is 6.57. The van der Waals surface area contributed by atoms with Crippen LogP contribution in [0.3, 0.4) is 0 Å². The molecule has 1 aromatic rings. The predicted octanol–water partition coefficient (Wildman–Crippen LogP) is 1.76. The van der Waals surface area contributed by atoms with Gasteiger partial charge in [-0.2, -0.15) is 0 Å². The molecule has 4 heteroatoms. The fourth-order valence-corrected chi connectivity index (χ4v) is 2.20. The van der Waals surface area contributed by atoms with Gasteiger partial charge in [0.25, 0.3) is 0 Å². The number of hydrogen-bond acceptors (Lipinski definition) is 3. The Labute approximate surface area is 101 Å². The van der Waals surface area contributed by atoms with Crippen molar-refractivity contribution in [2.75, 3.05) is 12.4 Å². The zero-order chi connectivity index (χ0) is 12.3. The minimum atomic E-state index is 0.0520. The van der Waals surface area contributed by atoms with Crippen molar-refractivity contribution in [2.45, 2.75) is 25.3 Å². The fourth-order valence-electron chi connectivity index (χ4n) is 2.20. The van der Waals surface area contributed by atoms with Gasteiger partial charge in [0.05, 0.1) is 7.11 Å². The van der Waals surface area contributed by atoms with Crippen molar-refractivity contribution in [1.82, 2.24) is 0 Å². The molecule has 4 nitrogen and oxygen atoms in total. The minimum Gasteiger partial charge on any atom is -0.497 e. The van der Waals surface area contributed by atoms with E-state index in [-0.39, 0.29) is 17.9 Å². The van der Waals surface area contributed by atoms with E-state index in [9.17, 15) is 4.79 Å². The van der Waals surface area contributed by atoms with Crippen molar-refractivity contribution >= 4 is 11.6 Å². The summed E-state index contributed by atoms with van der Waals surface area (Å²) in [4.78, 5) is 12.0. The summed E-state index contributed by atoms with van der Waals surface area (Å²) in [6.45, 7) is 0. The van der Waals surface area contributed by atoms with Crippen LogP contribution in [0, 0.1) is 5.92 Å². The maximum atomic E-state index is 12.0. The van der Waals surface area contributed by atoms with Crippen molar-refractivity contribution in [1.29, 1.82) is 0 Å². The quantitative estimate of drug-likeness (QED) is 0.837. The van der Waals surface area contributed by atoms with Crippen LogP contribution >= 0.6 is 0 Å². The van der Waals surface area contributed by atoms with Crippen LogP contribution in [0.5, 0.6) is 5.75 Å². The summed E-state index contributed by atoms with van der Waals surface area (Å²) in [6.07, 6.45) is 2.61. The van der Waals surface area contributed by atoms with Crippen LogP contribution in [0.2, 0.25) is 0 Å². The summed E-state index contributed by atoms with van der Waals surface area (Å²) >= 11 is 0. The molecule has 17 heavy (non-hydrogen) atoms. The molecule has 0 aliphatic heterocycles. The van der Waals surface area contributed by atoms with Gasteiger partial charge in [-0.05, 0) is 31.4 Å². The summed E-state index contributed by atoms with van der Waals surface area (Å²) < 4.78 is 5.11. The van der Waals surface area contributed by atoms with Crippen LogP contribution in [0.1, 0.15) is 19.3 Å². The first-order valence-corrected chi connectivity index (χ1v) is 5.89. The smallest absolute Gasteiger partial charge is 0.227 e. The molecule has 3 N–H and O–H groups in total. The Morgan fingerprint density at radius 1 is 1.47 bits per heavy atom. The lowest BCUT2D eigenvalue weighted by molar-refractivity contribution is -0.119. The summed E-state index contributed by atoms with van der Waals surface area (Å²) in [7, 11) is 1.61. The number of benzene rings is 1. The number of carbonyl (C=O) groups excluding carboxylic acids is 1. The van der Waals surface area contributed by atoms with Crippen LogP contribution in [-0.2, 0) is 4.79 Å². The highest BCUT2D eigenvalue weighted by molar-refractivity contribution is 5.92. The van der Waals surface area contributed by atoms with Gasteiger partial charge in [-0.15, -0.1) is 0 Å². The molecule has 0 spiro atoms. The maximum Gasteiger partial charge on any atom is 0.227 e. The third-order valence-corrected chi connectivity index (χ3v) is 3.18. The van der Waals surface area contributed by atoms with Crippen LogP contribution < -0.4 is 15.8 Å². The van der Waals surface area contributed by atoms with Crippen LogP contribution in [0.15, 0.2) is 24.3 Å². The highest BCUT2D eigenvalue weighted by Gasteiger charge is 2.27. The number of ether oxygens (including phenoxy) is 1. The lowest BCUT2D eigenvalue weighted by Gasteiger charge is -2.11. The highest BCUT2D eigenvalue weighted by Crippen LogP contribution is 2.26. The van der Waals surface area contributed by atoms with Crippen LogP contribution in [0.4, 0.5) is 5.69 Å². The minimum absolute atomic E-state index is 0.0520. The number of methoxy groups -OCH3 is 1. The molecule has 1 saturated carbocycles. The van der Waals surface area contributed by atoms with E-state index in [4.69, 9.17) is 10.5 Å². The summed E-state index contributed by atoms with van der Waals surface area (Å²) in [5.74, 6) is 0.855. The van der Waals surface area contributed by atoms with Crippen LogP contribution in [-0.4, -0.2) is 19.1 Å². The number of hydrogen-bond donors (Lipinski definition) is 2. The van der Waals surface area contributed by atoms with E-state index in [1.807, 2.05) is 24.3 Å². The van der Waals surface area contributed by atoms with Gasteiger partial charge in [0.15, 0.2) is 0 Å². The second-order valence-corrected chi connectivity index (χ2v) is 4.49. The van der Waals surface area contributed by atoms with Crippen molar-refractivity contribution in [3.05, 3.63) is 24.3 Å². The molecule has 0 radical (unpaired) electrons. The van der Waals surface area contributed by atoms with Gasteiger partial charge in [-0.3, -0.25) is 4.79 Å². The van der Waals surface area contributed by atoms with E-state index in [0.717, 1.165) is 30.7 Å². The van der Waals surface area contributed by atoms with E-state index in [1.54, 1.807) is 7.11 Å². The summed E-state index contributed by atoms with van der Waals surface area (Å²) in [5, 5.41) is 2.90. The van der Waals surface area contributed by atoms with Crippen molar-refractivity contribution in [3.8, 4) is 5.75 Å². The van der Waals surface area contributed by atoms with Gasteiger partial charge in [-0.1, -0.05) is 6.07 Å². The highest BCUT2D eigenvalue weighted by atomic mass is 16.5. The molecule has 1 aliphatic carbocycles. The third-order valence-electron chi connectivity index (χ3n) is 3.18. The Morgan fingerprint density at radius 2 is 2.29 bits per heavy atom. The van der Waals surface area contributed by atoms with E-state index in [1.165, 1.54) is 0 Å². The van der Waals surface area contributed by atoms with Gasteiger partial charge in [0.1, 0.15) is 5.75 Å². The molecule has 0 bridgehead atoms. The second-order valence-electron chi connectivity index (χ2n) is 4.49. The topological polar surface area (TPSA) is 64.3 Å². The maximum absolute atomic E-state index is 12.0. The molecule has 1 aromatic carbocycles.